The summed E-state index contributed by atoms with van der Waals surface area (Å²) in [6.07, 6.45) is 1.02. The van der Waals surface area contributed by atoms with Crippen LogP contribution in [0.1, 0.15) is 161 Å². The van der Waals surface area contributed by atoms with Crippen LogP contribution in [0.15, 0.2) is 97.1 Å². The first-order valence-corrected chi connectivity index (χ1v) is 25.4. The van der Waals surface area contributed by atoms with Crippen LogP contribution in [0, 0.1) is 0 Å². The Morgan fingerprint density at radius 3 is 1.48 bits per heavy atom. The SMILES string of the molecule is CC(C)Oc1ccc(C2CCC(NC(=O)OCC3c4ccccc4-c4ccccc43)(C(=O)O)CC2)cc1.CC(C)Oc1ccc(C2CCC3(CC2)C(=O)N(C(=O)OC(C)(C)C)C(=O)N3C(=O)OC(C)(C)C)cc1. The molecule has 1 aliphatic heterocycles. The van der Waals surface area contributed by atoms with Crippen LogP contribution in [-0.2, 0) is 23.8 Å². The molecule has 6 amide bonds. The van der Waals surface area contributed by atoms with E-state index in [-0.39, 0.29) is 49.4 Å². The van der Waals surface area contributed by atoms with Gasteiger partial charge in [-0.3, -0.25) is 4.79 Å². The highest BCUT2D eigenvalue weighted by molar-refractivity contribution is 6.20. The lowest BCUT2D eigenvalue weighted by atomic mass is 9.73. The maximum atomic E-state index is 13.6. The van der Waals surface area contributed by atoms with Crippen molar-refractivity contribution in [2.45, 2.75) is 173 Å². The van der Waals surface area contributed by atoms with E-state index in [2.05, 4.69) is 41.7 Å². The Morgan fingerprint density at radius 1 is 0.630 bits per heavy atom. The Balaban J connectivity index is 0.000000214. The van der Waals surface area contributed by atoms with Gasteiger partial charge in [-0.1, -0.05) is 72.8 Å². The second kappa shape index (κ2) is 21.7. The molecule has 3 fully saturated rings. The van der Waals surface area contributed by atoms with Crippen molar-refractivity contribution in [1.82, 2.24) is 15.1 Å². The van der Waals surface area contributed by atoms with E-state index in [4.69, 9.17) is 23.7 Å². The van der Waals surface area contributed by atoms with Gasteiger partial charge in [-0.2, -0.15) is 4.90 Å². The summed E-state index contributed by atoms with van der Waals surface area (Å²) in [5, 5.41) is 12.8. The lowest BCUT2D eigenvalue weighted by molar-refractivity contribution is -0.146. The number of nitrogens with zero attached hydrogens (tertiary/aromatic N) is 2. The molecule has 0 radical (unpaired) electrons. The number of benzene rings is 4. The van der Waals surface area contributed by atoms with E-state index < -0.39 is 58.5 Å². The standard InChI is InChI=1S/C31H33NO5.C27H38N2O7/c1-20(2)37-23-13-11-21(12-14-23)22-15-17-31(18-16-22,29(33)34)32-30(35)36-19-28-26-9-5-3-7-24(26)25-8-4-6-10-27(25)28;1-17(2)34-20-11-9-18(10-12-20)19-13-15-27(16-14-19)21(30)28(23(32)35-25(3,4)5)22(31)29(27)24(33)36-26(6,7)8/h3-14,20,22,28H,15-19H2,1-2H3,(H,32,35)(H,33,34);9-12,17,19H,13-16H2,1-8H3. The van der Waals surface area contributed by atoms with E-state index >= 15 is 0 Å². The highest BCUT2D eigenvalue weighted by Gasteiger charge is 2.64. The average molecular weight is 1000 g/mol. The fourth-order valence-electron chi connectivity index (χ4n) is 10.4. The Kier molecular flexibility index (Phi) is 16.0. The summed E-state index contributed by atoms with van der Waals surface area (Å²) in [4.78, 5) is 79.4. The molecule has 4 aliphatic rings. The first-order chi connectivity index (χ1) is 34.4. The normalized spacial score (nSPS) is 21.8. The number of imide groups is 4. The van der Waals surface area contributed by atoms with Crippen molar-refractivity contribution >= 4 is 36.2 Å². The molecule has 0 aromatic heterocycles. The number of carboxylic acid groups (broad SMARTS) is 1. The van der Waals surface area contributed by atoms with Gasteiger partial charge < -0.3 is 34.1 Å². The number of alkyl carbamates (subject to hydrolysis) is 1. The molecule has 1 heterocycles. The number of hydrogen-bond acceptors (Lipinski definition) is 11. The van der Waals surface area contributed by atoms with E-state index in [0.717, 1.165) is 49.8 Å². The minimum atomic E-state index is -1.49. The number of rotatable bonds is 10. The number of hydrogen-bond donors (Lipinski definition) is 2. The fourth-order valence-corrected chi connectivity index (χ4v) is 10.4. The Bertz CT molecular complexity index is 2600. The predicted molar refractivity (Wildman–Crippen MR) is 275 cm³/mol. The zero-order valence-corrected chi connectivity index (χ0v) is 43.8. The number of aliphatic carboxylic acids is 1. The van der Waals surface area contributed by atoms with Crippen LogP contribution in [0.25, 0.3) is 11.1 Å². The molecular formula is C58H71N3O12. The molecule has 0 bridgehead atoms. The van der Waals surface area contributed by atoms with E-state index in [9.17, 15) is 33.9 Å². The number of carboxylic acids is 1. The first-order valence-electron chi connectivity index (χ1n) is 25.4. The molecule has 2 saturated carbocycles. The monoisotopic (exact) mass is 1000 g/mol. The highest BCUT2D eigenvalue weighted by Crippen LogP contribution is 2.48. The molecule has 1 spiro atoms. The summed E-state index contributed by atoms with van der Waals surface area (Å²) in [6, 6.07) is 31.1. The summed E-state index contributed by atoms with van der Waals surface area (Å²) in [6.45, 7) is 18.0. The second-order valence-electron chi connectivity index (χ2n) is 22.1. The lowest BCUT2D eigenvalue weighted by Gasteiger charge is -2.40. The molecule has 73 heavy (non-hydrogen) atoms. The number of nitrogens with one attached hydrogen (secondary N) is 1. The number of carbonyl (C=O) groups excluding carboxylic acids is 5. The number of carbonyl (C=O) groups is 6. The van der Waals surface area contributed by atoms with Crippen LogP contribution in [-0.4, -0.2) is 92.2 Å². The third-order valence-corrected chi connectivity index (χ3v) is 13.8. The summed E-state index contributed by atoms with van der Waals surface area (Å²) < 4.78 is 27.9. The molecule has 0 atom stereocenters. The topological polar surface area (TPSA) is 187 Å². The molecule has 4 aromatic rings. The summed E-state index contributed by atoms with van der Waals surface area (Å²) in [7, 11) is 0. The molecule has 15 nitrogen and oxygen atoms in total. The minimum absolute atomic E-state index is 0.0719. The van der Waals surface area contributed by atoms with E-state index in [1.807, 2.05) is 88.4 Å². The van der Waals surface area contributed by atoms with E-state index in [1.165, 1.54) is 0 Å². The van der Waals surface area contributed by atoms with Crippen LogP contribution >= 0.6 is 0 Å². The summed E-state index contributed by atoms with van der Waals surface area (Å²) in [5.74, 6) is 0.143. The average Bonchev–Trinajstić information content (AvgIpc) is 3.74. The molecule has 8 rings (SSSR count). The highest BCUT2D eigenvalue weighted by atomic mass is 16.6. The van der Waals surface area contributed by atoms with Gasteiger partial charge in [-0.05, 0) is 190 Å². The van der Waals surface area contributed by atoms with Crippen LogP contribution in [0.2, 0.25) is 0 Å². The third kappa shape index (κ3) is 12.3. The zero-order chi connectivity index (χ0) is 53.0. The number of ether oxygens (including phenoxy) is 5. The molecule has 2 N–H and O–H groups in total. The van der Waals surface area contributed by atoms with Crippen LogP contribution in [0.4, 0.5) is 19.2 Å². The van der Waals surface area contributed by atoms with Gasteiger partial charge >= 0.3 is 30.3 Å². The first kappa shape index (κ1) is 53.9. The van der Waals surface area contributed by atoms with Gasteiger partial charge in [0.15, 0.2) is 0 Å². The third-order valence-electron chi connectivity index (χ3n) is 13.8. The van der Waals surface area contributed by atoms with Crippen molar-refractivity contribution in [2.75, 3.05) is 6.61 Å². The fraction of sp³-hybridized carbons (Fsp3) is 0.483. The van der Waals surface area contributed by atoms with E-state index in [1.54, 1.807) is 41.5 Å². The molecule has 4 aromatic carbocycles. The Morgan fingerprint density at radius 2 is 1.05 bits per heavy atom. The largest absolute Gasteiger partial charge is 0.491 e. The zero-order valence-electron chi connectivity index (χ0n) is 43.8. The van der Waals surface area contributed by atoms with Gasteiger partial charge in [0.2, 0.25) is 0 Å². The Labute approximate surface area is 428 Å². The van der Waals surface area contributed by atoms with Crippen molar-refractivity contribution < 1.29 is 57.6 Å². The quantitative estimate of drug-likeness (QED) is 0.113. The van der Waals surface area contributed by atoms with Crippen molar-refractivity contribution in [1.29, 1.82) is 0 Å². The molecule has 3 aliphatic carbocycles. The molecular weight excluding hydrogens is 931 g/mol. The maximum absolute atomic E-state index is 13.6. The minimum Gasteiger partial charge on any atom is -0.491 e. The van der Waals surface area contributed by atoms with Crippen LogP contribution < -0.4 is 14.8 Å². The van der Waals surface area contributed by atoms with Crippen molar-refractivity contribution in [2.24, 2.45) is 0 Å². The predicted octanol–water partition coefficient (Wildman–Crippen LogP) is 12.5. The van der Waals surface area contributed by atoms with Gasteiger partial charge in [-0.25, -0.2) is 28.9 Å². The van der Waals surface area contributed by atoms with Crippen molar-refractivity contribution in [3.05, 3.63) is 119 Å². The number of urea groups is 1. The number of amides is 6. The lowest BCUT2D eigenvalue weighted by Crippen LogP contribution is -2.56. The van der Waals surface area contributed by atoms with Crippen LogP contribution in [0.5, 0.6) is 11.5 Å². The molecule has 1 saturated heterocycles. The number of fused-ring (bicyclic) bond motifs is 3. The summed E-state index contributed by atoms with van der Waals surface area (Å²) in [5.41, 5.74) is 2.16. The van der Waals surface area contributed by atoms with Crippen molar-refractivity contribution in [3.8, 4) is 22.6 Å². The van der Waals surface area contributed by atoms with Gasteiger partial charge in [-0.15, -0.1) is 0 Å². The van der Waals surface area contributed by atoms with Gasteiger partial charge in [0.25, 0.3) is 5.91 Å². The summed E-state index contributed by atoms with van der Waals surface area (Å²) >= 11 is 0. The molecule has 0 unspecified atom stereocenters. The van der Waals surface area contributed by atoms with Crippen LogP contribution in [0.3, 0.4) is 0 Å². The molecule has 390 valence electrons. The van der Waals surface area contributed by atoms with Gasteiger partial charge in [0, 0.05) is 5.92 Å². The second-order valence-corrected chi connectivity index (χ2v) is 22.1. The molecule has 15 heteroatoms. The maximum Gasteiger partial charge on any atom is 0.425 e. The van der Waals surface area contributed by atoms with Crippen molar-refractivity contribution in [3.63, 3.8) is 0 Å². The van der Waals surface area contributed by atoms with E-state index in [0.29, 0.717) is 43.4 Å². The smallest absolute Gasteiger partial charge is 0.425 e. The van der Waals surface area contributed by atoms with Gasteiger partial charge in [0.1, 0.15) is 40.4 Å². The van der Waals surface area contributed by atoms with Gasteiger partial charge in [0.05, 0.1) is 12.2 Å². The Hall–Kier alpha value is -6.90.